The Labute approximate surface area is 128 Å². The molecule has 0 bridgehead atoms. The van der Waals surface area contributed by atoms with Crippen LogP contribution in [0.5, 0.6) is 0 Å². The van der Waals surface area contributed by atoms with Crippen molar-refractivity contribution in [3.8, 4) is 0 Å². The predicted octanol–water partition coefficient (Wildman–Crippen LogP) is 4.69. The van der Waals surface area contributed by atoms with Gasteiger partial charge in [-0.05, 0) is 47.4 Å². The van der Waals surface area contributed by atoms with Gasteiger partial charge in [-0.25, -0.2) is 0 Å². The molecule has 0 radical (unpaired) electrons. The molecule has 4 heteroatoms. The highest BCUT2D eigenvalue weighted by Gasteiger charge is 2.03. The molecule has 4 nitrogen and oxygen atoms in total. The van der Waals surface area contributed by atoms with Gasteiger partial charge in [0.2, 0.25) is 0 Å². The molecule has 0 aromatic heterocycles. The van der Waals surface area contributed by atoms with Crippen LogP contribution >= 0.6 is 0 Å². The Morgan fingerprint density at radius 3 is 2.36 bits per heavy atom. The number of nitrogens with zero attached hydrogens (tertiary/aromatic N) is 2. The third kappa shape index (κ3) is 3.17. The summed E-state index contributed by atoms with van der Waals surface area (Å²) in [5.41, 5.74) is 4.29. The first-order chi connectivity index (χ1) is 10.7. The number of benzene rings is 2. The summed E-state index contributed by atoms with van der Waals surface area (Å²) >= 11 is 0. The van der Waals surface area contributed by atoms with Crippen LogP contribution < -0.4 is 0 Å². The Balaban J connectivity index is 1.71. The van der Waals surface area contributed by atoms with Gasteiger partial charge >= 0.3 is 0 Å². The molecule has 2 aromatic carbocycles. The van der Waals surface area contributed by atoms with Crippen LogP contribution in [0.2, 0.25) is 0 Å². The molecule has 0 unspecified atom stereocenters. The van der Waals surface area contributed by atoms with E-state index in [0.717, 1.165) is 17.7 Å². The van der Waals surface area contributed by atoms with E-state index in [1.807, 2.05) is 12.1 Å². The molecule has 3 rings (SSSR count). The maximum atomic E-state index is 10.6. The first kappa shape index (κ1) is 13.9. The second-order valence-corrected chi connectivity index (χ2v) is 4.98. The number of allylic oxidation sites excluding steroid dienone is 4. The smallest absolute Gasteiger partial charge is 0.258 e. The fourth-order valence-electron chi connectivity index (χ4n) is 2.25. The highest BCUT2D eigenvalue weighted by Crippen LogP contribution is 2.25. The Morgan fingerprint density at radius 2 is 1.77 bits per heavy atom. The lowest BCUT2D eigenvalue weighted by Crippen LogP contribution is -1.88. The van der Waals surface area contributed by atoms with Crippen molar-refractivity contribution in [2.24, 2.45) is 4.99 Å². The number of aliphatic imine (C=N–C) groups is 1. The number of nitro benzene ring substituents is 1. The molecule has 0 spiro atoms. The van der Waals surface area contributed by atoms with Gasteiger partial charge < -0.3 is 0 Å². The van der Waals surface area contributed by atoms with E-state index < -0.39 is 4.92 Å². The van der Waals surface area contributed by atoms with E-state index in [1.54, 1.807) is 18.3 Å². The summed E-state index contributed by atoms with van der Waals surface area (Å²) in [6.07, 6.45) is 9.00. The van der Waals surface area contributed by atoms with Crippen molar-refractivity contribution in [2.75, 3.05) is 0 Å². The number of hydrogen-bond acceptors (Lipinski definition) is 3. The minimum Gasteiger partial charge on any atom is -0.258 e. The molecule has 1 aliphatic carbocycles. The molecule has 0 fully saturated rings. The van der Waals surface area contributed by atoms with Crippen LogP contribution in [0.3, 0.4) is 0 Å². The molecule has 2 aromatic rings. The molecule has 0 atom stereocenters. The lowest BCUT2D eigenvalue weighted by molar-refractivity contribution is -0.384. The topological polar surface area (TPSA) is 55.5 Å². The fourth-order valence-corrected chi connectivity index (χ4v) is 2.25. The molecule has 1 aliphatic rings. The fraction of sp³-hybridized carbons (Fsp3) is 0.0556. The third-order valence-corrected chi connectivity index (χ3v) is 3.48. The zero-order valence-corrected chi connectivity index (χ0v) is 11.8. The second kappa shape index (κ2) is 6.18. The maximum Gasteiger partial charge on any atom is 0.269 e. The molecule has 0 N–H and O–H groups in total. The van der Waals surface area contributed by atoms with Crippen LogP contribution in [0.4, 0.5) is 11.4 Å². The van der Waals surface area contributed by atoms with Crippen LogP contribution in [0.15, 0.2) is 71.8 Å². The zero-order chi connectivity index (χ0) is 15.4. The van der Waals surface area contributed by atoms with E-state index in [4.69, 9.17) is 0 Å². The van der Waals surface area contributed by atoms with Crippen LogP contribution in [0, 0.1) is 10.1 Å². The van der Waals surface area contributed by atoms with Gasteiger partial charge in [-0.15, -0.1) is 0 Å². The monoisotopic (exact) mass is 290 g/mol. The van der Waals surface area contributed by atoms with E-state index in [-0.39, 0.29) is 5.69 Å². The summed E-state index contributed by atoms with van der Waals surface area (Å²) in [4.78, 5) is 14.6. The molecular weight excluding hydrogens is 276 g/mol. The summed E-state index contributed by atoms with van der Waals surface area (Å²) in [5, 5.41) is 10.6. The summed E-state index contributed by atoms with van der Waals surface area (Å²) < 4.78 is 0. The van der Waals surface area contributed by atoms with Crippen LogP contribution in [0.1, 0.15) is 17.5 Å². The van der Waals surface area contributed by atoms with E-state index >= 15 is 0 Å². The second-order valence-electron chi connectivity index (χ2n) is 4.98. The van der Waals surface area contributed by atoms with Crippen LogP contribution in [-0.4, -0.2) is 11.1 Å². The quantitative estimate of drug-likeness (QED) is 0.466. The highest BCUT2D eigenvalue weighted by atomic mass is 16.6. The summed E-state index contributed by atoms with van der Waals surface area (Å²) in [7, 11) is 0. The molecule has 0 aliphatic heterocycles. The number of rotatable bonds is 4. The highest BCUT2D eigenvalue weighted by molar-refractivity contribution is 5.82. The van der Waals surface area contributed by atoms with Crippen LogP contribution in [-0.2, 0) is 0 Å². The minimum absolute atomic E-state index is 0.0833. The lowest BCUT2D eigenvalue weighted by Gasteiger charge is -2.02. The lowest BCUT2D eigenvalue weighted by atomic mass is 10.1. The van der Waals surface area contributed by atoms with Gasteiger partial charge in [0.15, 0.2) is 0 Å². The van der Waals surface area contributed by atoms with Crippen molar-refractivity contribution in [1.29, 1.82) is 0 Å². The number of hydrogen-bond donors (Lipinski definition) is 0. The molecule has 0 saturated heterocycles. The van der Waals surface area contributed by atoms with E-state index in [0.29, 0.717) is 0 Å². The first-order valence-corrected chi connectivity index (χ1v) is 6.97. The molecule has 22 heavy (non-hydrogen) atoms. The number of nitro groups is 1. The van der Waals surface area contributed by atoms with E-state index in [9.17, 15) is 10.1 Å². The number of non-ortho nitro benzene ring substituents is 1. The SMILES string of the molecule is O=[N+]([O-])c1ccc(C=Nc2ccc(C3=CC=CC3)cc2)cc1. The average molecular weight is 290 g/mol. The van der Waals surface area contributed by atoms with Crippen molar-refractivity contribution in [2.45, 2.75) is 6.42 Å². The van der Waals surface area contributed by atoms with Crippen molar-refractivity contribution in [3.63, 3.8) is 0 Å². The maximum absolute atomic E-state index is 10.6. The Morgan fingerprint density at radius 1 is 1.05 bits per heavy atom. The molecule has 0 amide bonds. The largest absolute Gasteiger partial charge is 0.269 e. The Hall–Kier alpha value is -3.01. The molecule has 108 valence electrons. The summed E-state index contributed by atoms with van der Waals surface area (Å²) in [5.74, 6) is 0. The Bertz CT molecular complexity index is 770. The predicted molar refractivity (Wildman–Crippen MR) is 88.5 cm³/mol. The average Bonchev–Trinajstić information content (AvgIpc) is 3.08. The standard InChI is InChI=1S/C18H14N2O2/c21-20(22)18-11-5-14(6-12-18)13-19-17-9-7-16(8-10-17)15-3-1-2-4-15/h1-3,5-13H,4H2. The van der Waals surface area contributed by atoms with Crippen molar-refractivity contribution < 1.29 is 4.92 Å². The van der Waals surface area contributed by atoms with E-state index in [1.165, 1.54) is 23.3 Å². The summed E-state index contributed by atoms with van der Waals surface area (Å²) in [6, 6.07) is 14.4. The van der Waals surface area contributed by atoms with Gasteiger partial charge in [0, 0.05) is 18.3 Å². The van der Waals surface area contributed by atoms with Crippen molar-refractivity contribution in [3.05, 3.63) is 88.0 Å². The Kier molecular flexibility index (Phi) is 3.92. The summed E-state index contributed by atoms with van der Waals surface area (Å²) in [6.45, 7) is 0. The van der Waals surface area contributed by atoms with Gasteiger partial charge in [-0.1, -0.05) is 30.4 Å². The van der Waals surface area contributed by atoms with Gasteiger partial charge in [-0.3, -0.25) is 15.1 Å². The van der Waals surface area contributed by atoms with Gasteiger partial charge in [0.1, 0.15) is 0 Å². The van der Waals surface area contributed by atoms with Crippen molar-refractivity contribution in [1.82, 2.24) is 0 Å². The van der Waals surface area contributed by atoms with Gasteiger partial charge in [0.25, 0.3) is 5.69 Å². The van der Waals surface area contributed by atoms with Gasteiger partial charge in [0.05, 0.1) is 10.6 Å². The molecule has 0 saturated carbocycles. The zero-order valence-electron chi connectivity index (χ0n) is 11.8. The van der Waals surface area contributed by atoms with Crippen LogP contribution in [0.25, 0.3) is 5.57 Å². The van der Waals surface area contributed by atoms with E-state index in [2.05, 4.69) is 35.4 Å². The minimum atomic E-state index is -0.411. The molecular formula is C18H14N2O2. The molecule has 0 heterocycles. The first-order valence-electron chi connectivity index (χ1n) is 6.97. The van der Waals surface area contributed by atoms with Gasteiger partial charge in [-0.2, -0.15) is 0 Å². The third-order valence-electron chi connectivity index (χ3n) is 3.48. The van der Waals surface area contributed by atoms with Crippen molar-refractivity contribution >= 4 is 23.2 Å². The normalized spacial score (nSPS) is 13.5.